The van der Waals surface area contributed by atoms with Crippen LogP contribution in [0.1, 0.15) is 18.1 Å². The van der Waals surface area contributed by atoms with Crippen molar-refractivity contribution < 1.29 is 4.79 Å². The quantitative estimate of drug-likeness (QED) is 0.827. The lowest BCUT2D eigenvalue weighted by atomic mass is 10.1. The van der Waals surface area contributed by atoms with Gasteiger partial charge < -0.3 is 5.32 Å². The normalized spacial score (nSPS) is 11.1. The number of likely N-dealkylation sites (N-methyl/N-ethyl adjacent to an activating group) is 1. The molecule has 0 radical (unpaired) electrons. The van der Waals surface area contributed by atoms with E-state index in [-0.39, 0.29) is 5.91 Å². The third kappa shape index (κ3) is 3.79. The van der Waals surface area contributed by atoms with Crippen molar-refractivity contribution in [2.45, 2.75) is 13.8 Å². The van der Waals surface area contributed by atoms with Gasteiger partial charge >= 0.3 is 0 Å². The molecule has 90 valence electrons. The molecule has 0 atom stereocenters. The number of hydrogen-bond donors (Lipinski definition) is 1. The summed E-state index contributed by atoms with van der Waals surface area (Å²) in [6.45, 7) is 7.78. The lowest BCUT2D eigenvalue weighted by Crippen LogP contribution is -2.17. The molecule has 0 saturated carbocycles. The highest BCUT2D eigenvalue weighted by atomic mass is 32.2. The van der Waals surface area contributed by atoms with E-state index >= 15 is 0 Å². The van der Waals surface area contributed by atoms with Gasteiger partial charge in [-0.25, -0.2) is 0 Å². The number of thioether (sulfide) groups is 1. The van der Waals surface area contributed by atoms with E-state index in [0.717, 1.165) is 10.5 Å². The van der Waals surface area contributed by atoms with Crippen LogP contribution in [-0.2, 0) is 4.79 Å². The Balaban J connectivity index is 2.84. The fourth-order valence-electron chi connectivity index (χ4n) is 1.32. The molecule has 17 heavy (non-hydrogen) atoms. The molecule has 0 aliphatic rings. The van der Waals surface area contributed by atoms with Crippen LogP contribution in [0.25, 0.3) is 4.91 Å². The molecule has 2 nitrogen and oxygen atoms in total. The minimum atomic E-state index is -0.138. The van der Waals surface area contributed by atoms with Crippen molar-refractivity contribution in [3.8, 4) is 0 Å². The van der Waals surface area contributed by atoms with Crippen LogP contribution in [0.3, 0.4) is 0 Å². The van der Waals surface area contributed by atoms with Gasteiger partial charge in [-0.1, -0.05) is 54.2 Å². The van der Waals surface area contributed by atoms with Crippen LogP contribution in [0.15, 0.2) is 41.8 Å². The van der Waals surface area contributed by atoms with E-state index in [0.29, 0.717) is 4.91 Å². The topological polar surface area (TPSA) is 29.1 Å². The number of allylic oxidation sites excluding steroid dienone is 1. The second-order valence-corrected chi connectivity index (χ2v) is 4.76. The van der Waals surface area contributed by atoms with Crippen molar-refractivity contribution in [1.82, 2.24) is 5.32 Å². The van der Waals surface area contributed by atoms with Gasteiger partial charge in [0.15, 0.2) is 0 Å². The second-order valence-electron chi connectivity index (χ2n) is 3.62. The van der Waals surface area contributed by atoms with Gasteiger partial charge in [0.1, 0.15) is 0 Å². The lowest BCUT2D eigenvalue weighted by Gasteiger charge is -2.08. The van der Waals surface area contributed by atoms with Gasteiger partial charge in [-0.2, -0.15) is 0 Å². The number of amides is 1. The van der Waals surface area contributed by atoms with E-state index in [1.165, 1.54) is 17.3 Å². The highest BCUT2D eigenvalue weighted by Crippen LogP contribution is 2.32. The second kappa shape index (κ2) is 6.30. The van der Waals surface area contributed by atoms with Crippen LogP contribution in [0.4, 0.5) is 0 Å². The maximum Gasteiger partial charge on any atom is 0.257 e. The summed E-state index contributed by atoms with van der Waals surface area (Å²) in [5.74, 6) is -0.138. The molecule has 0 unspecified atom stereocenters. The van der Waals surface area contributed by atoms with Crippen LogP contribution in [0, 0.1) is 6.92 Å². The third-order valence-corrected chi connectivity index (χ3v) is 3.43. The number of aryl methyl sites for hydroxylation is 1. The number of nitrogens with one attached hydrogen (secondary N) is 1. The molecular weight excluding hydrogens is 230 g/mol. The minimum absolute atomic E-state index is 0.138. The van der Waals surface area contributed by atoms with Gasteiger partial charge in [-0.3, -0.25) is 4.79 Å². The molecule has 1 aromatic rings. The zero-order valence-electron chi connectivity index (χ0n) is 10.4. The number of rotatable bonds is 4. The van der Waals surface area contributed by atoms with Gasteiger partial charge in [0.25, 0.3) is 5.91 Å². The van der Waals surface area contributed by atoms with Crippen molar-refractivity contribution in [2.75, 3.05) is 7.05 Å². The maximum atomic E-state index is 11.4. The zero-order valence-corrected chi connectivity index (χ0v) is 11.2. The summed E-state index contributed by atoms with van der Waals surface area (Å²) in [7, 11) is 1.61. The summed E-state index contributed by atoms with van der Waals surface area (Å²) in [4.78, 5) is 12.9. The van der Waals surface area contributed by atoms with Gasteiger partial charge in [0, 0.05) is 12.0 Å². The van der Waals surface area contributed by atoms with E-state index in [2.05, 4.69) is 43.1 Å². The first-order chi connectivity index (χ1) is 8.08. The SMILES string of the molecule is C=C(S/C(=C\C)c1ccc(C)cc1)C(=O)NC. The Morgan fingerprint density at radius 2 is 1.94 bits per heavy atom. The van der Waals surface area contributed by atoms with Crippen LogP contribution < -0.4 is 5.32 Å². The molecule has 0 fully saturated rings. The molecular formula is C14H17NOS. The summed E-state index contributed by atoms with van der Waals surface area (Å²) in [6.07, 6.45) is 1.99. The first-order valence-corrected chi connectivity index (χ1v) is 6.22. The lowest BCUT2D eigenvalue weighted by molar-refractivity contribution is -0.116. The van der Waals surface area contributed by atoms with Gasteiger partial charge in [-0.15, -0.1) is 0 Å². The van der Waals surface area contributed by atoms with Crippen molar-refractivity contribution >= 4 is 22.6 Å². The van der Waals surface area contributed by atoms with E-state index in [9.17, 15) is 4.79 Å². The Kier molecular flexibility index (Phi) is 5.04. The molecule has 0 saturated heterocycles. The molecule has 0 heterocycles. The fraction of sp³-hybridized carbons (Fsp3) is 0.214. The van der Waals surface area contributed by atoms with Gasteiger partial charge in [0.2, 0.25) is 0 Å². The third-order valence-electron chi connectivity index (χ3n) is 2.31. The van der Waals surface area contributed by atoms with Crippen LogP contribution in [-0.4, -0.2) is 13.0 Å². The van der Waals surface area contributed by atoms with Crippen LogP contribution in [0.2, 0.25) is 0 Å². The molecule has 0 bridgehead atoms. The minimum Gasteiger partial charge on any atom is -0.355 e. The van der Waals surface area contributed by atoms with E-state index in [1.807, 2.05) is 13.0 Å². The average molecular weight is 247 g/mol. The summed E-state index contributed by atoms with van der Waals surface area (Å²) >= 11 is 1.39. The van der Waals surface area contributed by atoms with Crippen molar-refractivity contribution in [1.29, 1.82) is 0 Å². The van der Waals surface area contributed by atoms with E-state index in [1.54, 1.807) is 7.05 Å². The highest BCUT2D eigenvalue weighted by Gasteiger charge is 2.09. The summed E-state index contributed by atoms with van der Waals surface area (Å²) in [5.41, 5.74) is 2.33. The van der Waals surface area contributed by atoms with E-state index in [4.69, 9.17) is 0 Å². The molecule has 0 aliphatic carbocycles. The summed E-state index contributed by atoms with van der Waals surface area (Å²) < 4.78 is 0. The molecule has 3 heteroatoms. The standard InChI is InChI=1S/C14H17NOS/c1-5-13(17-11(3)14(16)15-4)12-8-6-10(2)7-9-12/h5-9H,3H2,1-2,4H3,(H,15,16)/b13-5-. The first-order valence-electron chi connectivity index (χ1n) is 5.40. The molecule has 1 aromatic carbocycles. The Morgan fingerprint density at radius 3 is 2.41 bits per heavy atom. The zero-order chi connectivity index (χ0) is 12.8. The monoisotopic (exact) mass is 247 g/mol. The number of benzene rings is 1. The Morgan fingerprint density at radius 1 is 1.35 bits per heavy atom. The van der Waals surface area contributed by atoms with E-state index < -0.39 is 0 Å². The smallest absolute Gasteiger partial charge is 0.257 e. The molecule has 0 aliphatic heterocycles. The number of hydrogen-bond acceptors (Lipinski definition) is 2. The maximum absolute atomic E-state index is 11.4. The first kappa shape index (κ1) is 13.6. The Bertz CT molecular complexity index is 446. The molecule has 0 aromatic heterocycles. The molecule has 1 amide bonds. The van der Waals surface area contributed by atoms with Gasteiger partial charge in [-0.05, 0) is 19.4 Å². The van der Waals surface area contributed by atoms with Crippen LogP contribution in [0.5, 0.6) is 0 Å². The number of carbonyl (C=O) groups is 1. The van der Waals surface area contributed by atoms with Gasteiger partial charge in [0.05, 0.1) is 4.91 Å². The van der Waals surface area contributed by atoms with Crippen molar-refractivity contribution in [3.05, 3.63) is 53.0 Å². The predicted octanol–water partition coefficient (Wildman–Crippen LogP) is 3.35. The summed E-state index contributed by atoms with van der Waals surface area (Å²) in [6, 6.07) is 8.22. The Labute approximate surface area is 107 Å². The average Bonchev–Trinajstić information content (AvgIpc) is 2.35. The number of carbonyl (C=O) groups excluding carboxylic acids is 1. The highest BCUT2D eigenvalue weighted by molar-refractivity contribution is 8.12. The molecule has 1 rings (SSSR count). The molecule has 0 spiro atoms. The fourth-order valence-corrected chi connectivity index (χ4v) is 2.15. The largest absolute Gasteiger partial charge is 0.355 e. The van der Waals surface area contributed by atoms with Crippen LogP contribution >= 0.6 is 11.8 Å². The Hall–Kier alpha value is -1.48. The van der Waals surface area contributed by atoms with Crippen molar-refractivity contribution in [2.24, 2.45) is 0 Å². The van der Waals surface area contributed by atoms with Crippen molar-refractivity contribution in [3.63, 3.8) is 0 Å². The molecule has 1 N–H and O–H groups in total. The predicted molar refractivity (Wildman–Crippen MR) is 75.6 cm³/mol. The summed E-state index contributed by atoms with van der Waals surface area (Å²) in [5, 5.41) is 2.57.